The van der Waals surface area contributed by atoms with Gasteiger partial charge in [-0.1, -0.05) is 37.3 Å². The third-order valence-electron chi connectivity index (χ3n) is 3.27. The molecule has 0 bridgehead atoms. The van der Waals surface area contributed by atoms with Gasteiger partial charge in [0.25, 0.3) is 0 Å². The highest BCUT2D eigenvalue weighted by Gasteiger charge is 2.14. The molecule has 19 heavy (non-hydrogen) atoms. The zero-order valence-corrected chi connectivity index (χ0v) is 10.9. The van der Waals surface area contributed by atoms with Crippen molar-refractivity contribution in [1.82, 2.24) is 0 Å². The van der Waals surface area contributed by atoms with Gasteiger partial charge in [0.1, 0.15) is 11.6 Å². The van der Waals surface area contributed by atoms with Crippen LogP contribution in [0.2, 0.25) is 0 Å². The highest BCUT2D eigenvalue weighted by molar-refractivity contribution is 5.29. The average Bonchev–Trinajstić information content (AvgIpc) is 2.43. The Bertz CT molecular complexity index is 546. The summed E-state index contributed by atoms with van der Waals surface area (Å²) in [4.78, 5) is 0. The number of halogens is 2. The predicted molar refractivity (Wildman–Crippen MR) is 72.8 cm³/mol. The van der Waals surface area contributed by atoms with Crippen molar-refractivity contribution in [3.63, 3.8) is 0 Å². The van der Waals surface area contributed by atoms with Gasteiger partial charge in [-0.2, -0.15) is 0 Å². The van der Waals surface area contributed by atoms with E-state index in [1.807, 2.05) is 24.3 Å². The van der Waals surface area contributed by atoms with Crippen LogP contribution in [0, 0.1) is 11.6 Å². The molecule has 0 saturated heterocycles. The van der Waals surface area contributed by atoms with Crippen molar-refractivity contribution in [2.45, 2.75) is 25.8 Å². The molecule has 0 spiro atoms. The van der Waals surface area contributed by atoms with Crippen LogP contribution in [0.1, 0.15) is 29.7 Å². The first kappa shape index (κ1) is 13.7. The van der Waals surface area contributed by atoms with E-state index in [2.05, 4.69) is 6.92 Å². The van der Waals surface area contributed by atoms with Crippen LogP contribution in [0.15, 0.2) is 42.5 Å². The van der Waals surface area contributed by atoms with Gasteiger partial charge in [0, 0.05) is 11.6 Å². The Hall–Kier alpha value is -1.74. The minimum absolute atomic E-state index is 0.0527. The van der Waals surface area contributed by atoms with Crippen molar-refractivity contribution in [1.29, 1.82) is 0 Å². The molecule has 0 aromatic heterocycles. The van der Waals surface area contributed by atoms with E-state index in [0.717, 1.165) is 12.0 Å². The molecule has 0 aliphatic heterocycles. The second-order valence-corrected chi connectivity index (χ2v) is 4.61. The first-order valence-corrected chi connectivity index (χ1v) is 6.39. The lowest BCUT2D eigenvalue weighted by Gasteiger charge is -2.14. The van der Waals surface area contributed by atoms with Gasteiger partial charge in [-0.05, 0) is 36.1 Å². The maximum absolute atomic E-state index is 13.6. The predicted octanol–water partition coefficient (Wildman–Crippen LogP) is 3.77. The molecule has 100 valence electrons. The largest absolute Gasteiger partial charge is 0.324 e. The number of rotatable bonds is 4. The molecule has 0 amide bonds. The number of nitrogens with two attached hydrogens (primary N) is 1. The molecule has 0 radical (unpaired) electrons. The molecule has 1 nitrogen and oxygen atoms in total. The van der Waals surface area contributed by atoms with Crippen LogP contribution in [-0.4, -0.2) is 0 Å². The Labute approximate surface area is 112 Å². The van der Waals surface area contributed by atoms with E-state index >= 15 is 0 Å². The molecule has 0 fully saturated rings. The normalized spacial score (nSPS) is 12.4. The minimum Gasteiger partial charge on any atom is -0.324 e. The summed E-state index contributed by atoms with van der Waals surface area (Å²) in [5.41, 5.74) is 8.18. The molecule has 0 saturated carbocycles. The van der Waals surface area contributed by atoms with E-state index < -0.39 is 17.7 Å². The van der Waals surface area contributed by atoms with Gasteiger partial charge in [0.15, 0.2) is 0 Å². The van der Waals surface area contributed by atoms with E-state index in [1.165, 1.54) is 23.8 Å². The SMILES string of the molecule is CCc1cccc(C(N)Cc2c(F)cccc2F)c1. The third kappa shape index (κ3) is 3.18. The van der Waals surface area contributed by atoms with Crippen molar-refractivity contribution in [3.05, 3.63) is 70.8 Å². The van der Waals surface area contributed by atoms with Crippen LogP contribution in [0.3, 0.4) is 0 Å². The van der Waals surface area contributed by atoms with Crippen LogP contribution in [0.25, 0.3) is 0 Å². The minimum atomic E-state index is -0.540. The molecule has 2 aromatic rings. The molecule has 0 aliphatic rings. The maximum Gasteiger partial charge on any atom is 0.129 e. The number of aryl methyl sites for hydroxylation is 1. The monoisotopic (exact) mass is 261 g/mol. The molecule has 0 aliphatic carbocycles. The summed E-state index contributed by atoms with van der Waals surface area (Å²) in [6.45, 7) is 2.06. The fraction of sp³-hybridized carbons (Fsp3) is 0.250. The number of hydrogen-bond donors (Lipinski definition) is 1. The molecular weight excluding hydrogens is 244 g/mol. The molecule has 2 N–H and O–H groups in total. The zero-order valence-electron chi connectivity index (χ0n) is 10.9. The van der Waals surface area contributed by atoms with E-state index in [4.69, 9.17) is 5.73 Å². The fourth-order valence-corrected chi connectivity index (χ4v) is 2.11. The van der Waals surface area contributed by atoms with Crippen molar-refractivity contribution >= 4 is 0 Å². The molecule has 1 unspecified atom stereocenters. The van der Waals surface area contributed by atoms with Gasteiger partial charge in [-0.25, -0.2) is 8.78 Å². The zero-order chi connectivity index (χ0) is 13.8. The lowest BCUT2D eigenvalue weighted by atomic mass is 9.97. The van der Waals surface area contributed by atoms with Crippen LogP contribution in [-0.2, 0) is 12.8 Å². The average molecular weight is 261 g/mol. The number of hydrogen-bond acceptors (Lipinski definition) is 1. The Balaban J connectivity index is 2.23. The van der Waals surface area contributed by atoms with E-state index in [9.17, 15) is 8.78 Å². The maximum atomic E-state index is 13.6. The van der Waals surface area contributed by atoms with Crippen molar-refractivity contribution < 1.29 is 8.78 Å². The number of benzene rings is 2. The molecule has 2 rings (SSSR count). The van der Waals surface area contributed by atoms with Crippen LogP contribution >= 0.6 is 0 Å². The quantitative estimate of drug-likeness (QED) is 0.890. The first-order chi connectivity index (χ1) is 9.11. The summed E-state index contributed by atoms with van der Waals surface area (Å²) in [6, 6.07) is 11.3. The summed E-state index contributed by atoms with van der Waals surface area (Å²) in [5.74, 6) is -1.08. The summed E-state index contributed by atoms with van der Waals surface area (Å²) in [7, 11) is 0. The fourth-order valence-electron chi connectivity index (χ4n) is 2.11. The second-order valence-electron chi connectivity index (χ2n) is 4.61. The summed E-state index contributed by atoms with van der Waals surface area (Å²) < 4.78 is 27.2. The van der Waals surface area contributed by atoms with E-state index in [-0.39, 0.29) is 12.0 Å². The van der Waals surface area contributed by atoms with Gasteiger partial charge in [-0.3, -0.25) is 0 Å². The summed E-state index contributed by atoms with van der Waals surface area (Å²) in [6.07, 6.45) is 1.07. The van der Waals surface area contributed by atoms with Crippen molar-refractivity contribution in [3.8, 4) is 0 Å². The Morgan fingerprint density at radius 1 is 1.05 bits per heavy atom. The van der Waals surface area contributed by atoms with Gasteiger partial charge in [0.05, 0.1) is 0 Å². The molecule has 0 heterocycles. The second kappa shape index (κ2) is 5.93. The summed E-state index contributed by atoms with van der Waals surface area (Å²) >= 11 is 0. The van der Waals surface area contributed by atoms with Gasteiger partial charge in [0.2, 0.25) is 0 Å². The Morgan fingerprint density at radius 2 is 1.68 bits per heavy atom. The van der Waals surface area contributed by atoms with Crippen molar-refractivity contribution in [2.75, 3.05) is 0 Å². The van der Waals surface area contributed by atoms with Gasteiger partial charge in [-0.15, -0.1) is 0 Å². The van der Waals surface area contributed by atoms with Gasteiger partial charge < -0.3 is 5.73 Å². The van der Waals surface area contributed by atoms with E-state index in [1.54, 1.807) is 0 Å². The van der Waals surface area contributed by atoms with Crippen LogP contribution < -0.4 is 5.73 Å². The Kier molecular flexibility index (Phi) is 4.27. The van der Waals surface area contributed by atoms with Crippen LogP contribution in [0.5, 0.6) is 0 Å². The van der Waals surface area contributed by atoms with Crippen molar-refractivity contribution in [2.24, 2.45) is 5.73 Å². The molecule has 3 heteroatoms. The molecular formula is C16H17F2N. The third-order valence-corrected chi connectivity index (χ3v) is 3.27. The topological polar surface area (TPSA) is 26.0 Å². The van der Waals surface area contributed by atoms with E-state index in [0.29, 0.717) is 0 Å². The Morgan fingerprint density at radius 3 is 2.32 bits per heavy atom. The highest BCUT2D eigenvalue weighted by Crippen LogP contribution is 2.21. The molecule has 2 aromatic carbocycles. The van der Waals surface area contributed by atoms with Gasteiger partial charge >= 0.3 is 0 Å². The lowest BCUT2D eigenvalue weighted by Crippen LogP contribution is -2.15. The summed E-state index contributed by atoms with van der Waals surface area (Å²) in [5, 5.41) is 0. The highest BCUT2D eigenvalue weighted by atomic mass is 19.1. The first-order valence-electron chi connectivity index (χ1n) is 6.39. The van der Waals surface area contributed by atoms with Crippen LogP contribution in [0.4, 0.5) is 8.78 Å². The smallest absolute Gasteiger partial charge is 0.129 e. The molecule has 1 atom stereocenters. The lowest BCUT2D eigenvalue weighted by molar-refractivity contribution is 0.540. The standard InChI is InChI=1S/C16H17F2N/c1-2-11-5-3-6-12(9-11)16(19)10-13-14(17)7-4-8-15(13)18/h3-9,16H,2,10,19H2,1H3.